The number of rotatable bonds is 4. The summed E-state index contributed by atoms with van der Waals surface area (Å²) in [6.45, 7) is -0.114. The third-order valence-electron chi connectivity index (χ3n) is 3.54. The zero-order valence-electron chi connectivity index (χ0n) is 12.6. The summed E-state index contributed by atoms with van der Waals surface area (Å²) in [4.78, 5) is 40.5. The summed E-state index contributed by atoms with van der Waals surface area (Å²) in [5, 5.41) is 4.31. The second-order valence-corrected chi connectivity index (χ2v) is 5.96. The number of thiophene rings is 1. The molecule has 0 aliphatic rings. The monoisotopic (exact) mass is 330 g/mol. The molecule has 118 valence electrons. The molecule has 3 aromatic heterocycles. The smallest absolute Gasteiger partial charge is 0.271 e. The van der Waals surface area contributed by atoms with Crippen LogP contribution in [0.2, 0.25) is 0 Å². The zero-order valence-corrected chi connectivity index (χ0v) is 13.4. The van der Waals surface area contributed by atoms with Crippen LogP contribution >= 0.6 is 11.3 Å². The maximum absolute atomic E-state index is 12.4. The fraction of sp³-hybridized carbons (Fsp3) is 0.200. The predicted molar refractivity (Wildman–Crippen MR) is 87.0 cm³/mol. The molecule has 0 unspecified atom stereocenters. The van der Waals surface area contributed by atoms with E-state index in [-0.39, 0.29) is 23.8 Å². The van der Waals surface area contributed by atoms with E-state index in [9.17, 15) is 14.4 Å². The van der Waals surface area contributed by atoms with Crippen LogP contribution in [-0.4, -0.2) is 32.9 Å². The fourth-order valence-electron chi connectivity index (χ4n) is 2.31. The van der Waals surface area contributed by atoms with E-state index in [1.54, 1.807) is 29.3 Å². The van der Waals surface area contributed by atoms with E-state index < -0.39 is 0 Å². The van der Waals surface area contributed by atoms with E-state index in [1.807, 2.05) is 0 Å². The normalized spacial score (nSPS) is 10.9. The minimum Gasteiger partial charge on any atom is -0.354 e. The van der Waals surface area contributed by atoms with Crippen molar-refractivity contribution < 1.29 is 9.59 Å². The molecule has 0 aliphatic heterocycles. The number of aryl methyl sites for hydroxylation is 1. The maximum atomic E-state index is 12.4. The molecule has 0 aromatic carbocycles. The first-order valence-corrected chi connectivity index (χ1v) is 7.73. The molecule has 0 spiro atoms. The quantitative estimate of drug-likeness (QED) is 0.724. The summed E-state index contributed by atoms with van der Waals surface area (Å²) in [6.07, 6.45) is 2.95. The number of aromatic nitrogens is 3. The number of carbonyl (C=O) groups excluding carboxylic acids is 2. The highest BCUT2D eigenvalue weighted by Gasteiger charge is 2.16. The van der Waals surface area contributed by atoms with Crippen LogP contribution in [0, 0.1) is 0 Å². The molecule has 23 heavy (non-hydrogen) atoms. The molecular formula is C15H14N4O3S. The number of hydrogen-bond acceptors (Lipinski definition) is 5. The number of carbonyl (C=O) groups is 2. The molecule has 1 N–H and O–H groups in total. The second kappa shape index (κ2) is 5.81. The molecule has 0 atom stereocenters. The molecule has 3 rings (SSSR count). The van der Waals surface area contributed by atoms with Gasteiger partial charge in [-0.1, -0.05) is 0 Å². The SMILES string of the molecule is CNC(=O)c1cc(C(=O)Cn2cnc3ccsc3c2=O)cn1C. The molecule has 0 radical (unpaired) electrons. The summed E-state index contributed by atoms with van der Waals surface area (Å²) < 4.78 is 3.39. The van der Waals surface area contributed by atoms with E-state index in [0.29, 0.717) is 21.5 Å². The number of amides is 1. The average molecular weight is 330 g/mol. The van der Waals surface area contributed by atoms with Crippen LogP contribution in [0.4, 0.5) is 0 Å². The lowest BCUT2D eigenvalue weighted by molar-refractivity contribution is 0.0954. The van der Waals surface area contributed by atoms with Gasteiger partial charge in [-0.25, -0.2) is 4.98 Å². The Bertz CT molecular complexity index is 967. The minimum atomic E-state index is -0.273. The molecule has 0 aliphatic carbocycles. The van der Waals surface area contributed by atoms with Crippen LogP contribution in [-0.2, 0) is 13.6 Å². The number of hydrogen-bond donors (Lipinski definition) is 1. The van der Waals surface area contributed by atoms with Crippen LogP contribution in [0.3, 0.4) is 0 Å². The molecule has 0 bridgehead atoms. The van der Waals surface area contributed by atoms with Gasteiger partial charge in [0.05, 0.1) is 18.4 Å². The third kappa shape index (κ3) is 2.68. The van der Waals surface area contributed by atoms with Crippen molar-refractivity contribution >= 4 is 33.2 Å². The Morgan fingerprint density at radius 1 is 1.39 bits per heavy atom. The predicted octanol–water partition coefficient (Wildman–Crippen LogP) is 1.04. The van der Waals surface area contributed by atoms with Gasteiger partial charge in [-0.15, -0.1) is 11.3 Å². The fourth-order valence-corrected chi connectivity index (χ4v) is 3.10. The van der Waals surface area contributed by atoms with Gasteiger partial charge < -0.3 is 9.88 Å². The van der Waals surface area contributed by atoms with Gasteiger partial charge in [0.1, 0.15) is 10.4 Å². The molecule has 1 amide bonds. The van der Waals surface area contributed by atoms with Crippen molar-refractivity contribution in [3.05, 3.63) is 51.6 Å². The molecule has 3 heterocycles. The Balaban J connectivity index is 1.90. The van der Waals surface area contributed by atoms with Crippen molar-refractivity contribution in [1.29, 1.82) is 0 Å². The molecule has 0 fully saturated rings. The Hall–Kier alpha value is -2.74. The van der Waals surface area contributed by atoms with Crippen molar-refractivity contribution in [2.45, 2.75) is 6.54 Å². The Kier molecular flexibility index (Phi) is 3.83. The van der Waals surface area contributed by atoms with Gasteiger partial charge in [0.25, 0.3) is 11.5 Å². The molecular weight excluding hydrogens is 316 g/mol. The number of ketones is 1. The van der Waals surface area contributed by atoms with Gasteiger partial charge in [-0.05, 0) is 17.5 Å². The zero-order chi connectivity index (χ0) is 16.6. The van der Waals surface area contributed by atoms with E-state index in [2.05, 4.69) is 10.3 Å². The number of nitrogens with one attached hydrogen (secondary N) is 1. The van der Waals surface area contributed by atoms with Crippen LogP contribution in [0.5, 0.6) is 0 Å². The van der Waals surface area contributed by atoms with Crippen LogP contribution in [0.1, 0.15) is 20.8 Å². The number of nitrogens with zero attached hydrogens (tertiary/aromatic N) is 3. The highest BCUT2D eigenvalue weighted by molar-refractivity contribution is 7.17. The van der Waals surface area contributed by atoms with Crippen molar-refractivity contribution in [1.82, 2.24) is 19.4 Å². The third-order valence-corrected chi connectivity index (χ3v) is 4.43. The average Bonchev–Trinajstić information content (AvgIpc) is 3.16. The van der Waals surface area contributed by atoms with Gasteiger partial charge in [0.15, 0.2) is 5.78 Å². The van der Waals surface area contributed by atoms with Crippen LogP contribution in [0.25, 0.3) is 10.2 Å². The van der Waals surface area contributed by atoms with Gasteiger partial charge in [-0.3, -0.25) is 19.0 Å². The highest BCUT2D eigenvalue weighted by Crippen LogP contribution is 2.14. The molecule has 8 heteroatoms. The highest BCUT2D eigenvalue weighted by atomic mass is 32.1. The standard InChI is InChI=1S/C15H14N4O3S/c1-16-14(21)11-5-9(6-18(11)2)12(20)7-19-8-17-10-3-4-23-13(10)15(19)22/h3-6,8H,7H2,1-2H3,(H,16,21). The van der Waals surface area contributed by atoms with E-state index in [1.165, 1.54) is 35.3 Å². The first-order chi connectivity index (χ1) is 11.0. The molecule has 7 nitrogen and oxygen atoms in total. The summed E-state index contributed by atoms with van der Waals surface area (Å²) in [5.74, 6) is -0.527. The van der Waals surface area contributed by atoms with Gasteiger partial charge in [0.2, 0.25) is 0 Å². The Morgan fingerprint density at radius 2 is 2.17 bits per heavy atom. The van der Waals surface area contributed by atoms with Gasteiger partial charge in [0, 0.05) is 25.9 Å². The Labute approximate surface area is 135 Å². The number of fused-ring (bicyclic) bond motifs is 1. The van der Waals surface area contributed by atoms with Crippen molar-refractivity contribution in [3.63, 3.8) is 0 Å². The largest absolute Gasteiger partial charge is 0.354 e. The molecule has 0 saturated heterocycles. The van der Waals surface area contributed by atoms with Gasteiger partial charge >= 0.3 is 0 Å². The first kappa shape index (κ1) is 15.2. The number of Topliss-reactive ketones (excluding diaryl/α,β-unsaturated/α-hetero) is 1. The minimum absolute atomic E-state index is 0.114. The summed E-state index contributed by atoms with van der Waals surface area (Å²) >= 11 is 1.30. The Morgan fingerprint density at radius 3 is 2.91 bits per heavy atom. The molecule has 3 aromatic rings. The lowest BCUT2D eigenvalue weighted by Crippen LogP contribution is -2.24. The second-order valence-electron chi connectivity index (χ2n) is 5.04. The van der Waals surface area contributed by atoms with Crippen molar-refractivity contribution in [2.75, 3.05) is 7.05 Å². The van der Waals surface area contributed by atoms with Crippen LogP contribution in [0.15, 0.2) is 34.8 Å². The van der Waals surface area contributed by atoms with Crippen molar-refractivity contribution in [2.24, 2.45) is 7.05 Å². The lowest BCUT2D eigenvalue weighted by Gasteiger charge is -2.03. The summed E-state index contributed by atoms with van der Waals surface area (Å²) in [7, 11) is 3.21. The maximum Gasteiger partial charge on any atom is 0.271 e. The van der Waals surface area contributed by atoms with E-state index in [0.717, 1.165) is 0 Å². The van der Waals surface area contributed by atoms with Gasteiger partial charge in [-0.2, -0.15) is 0 Å². The summed E-state index contributed by atoms with van der Waals surface area (Å²) in [5.41, 5.74) is 1.16. The topological polar surface area (TPSA) is 86.0 Å². The lowest BCUT2D eigenvalue weighted by atomic mass is 10.2. The van der Waals surface area contributed by atoms with E-state index >= 15 is 0 Å². The van der Waals surface area contributed by atoms with Crippen molar-refractivity contribution in [3.8, 4) is 0 Å². The molecule has 0 saturated carbocycles. The first-order valence-electron chi connectivity index (χ1n) is 6.85. The van der Waals surface area contributed by atoms with E-state index in [4.69, 9.17) is 0 Å². The van der Waals surface area contributed by atoms with Crippen LogP contribution < -0.4 is 10.9 Å². The summed E-state index contributed by atoms with van der Waals surface area (Å²) in [6, 6.07) is 3.28.